The van der Waals surface area contributed by atoms with Crippen LogP contribution in [0.25, 0.3) is 11.1 Å². The van der Waals surface area contributed by atoms with Gasteiger partial charge in [-0.15, -0.1) is 0 Å². The van der Waals surface area contributed by atoms with E-state index < -0.39 is 0 Å². The van der Waals surface area contributed by atoms with Gasteiger partial charge in [-0.1, -0.05) is 24.3 Å². The molecule has 2 fully saturated rings. The molecule has 10 heteroatoms. The molecule has 0 bridgehead atoms. The molecule has 5 rings (SSSR count). The van der Waals surface area contributed by atoms with E-state index in [0.29, 0.717) is 12.2 Å². The fourth-order valence-corrected chi connectivity index (χ4v) is 4.88. The van der Waals surface area contributed by atoms with Crippen molar-refractivity contribution in [2.45, 2.75) is 76.9 Å². The van der Waals surface area contributed by atoms with E-state index in [-0.39, 0.29) is 42.2 Å². The van der Waals surface area contributed by atoms with Crippen molar-refractivity contribution in [1.29, 1.82) is 0 Å². The summed E-state index contributed by atoms with van der Waals surface area (Å²) in [6.07, 6.45) is 7.92. The van der Waals surface area contributed by atoms with E-state index in [1.165, 1.54) is 0 Å². The first-order valence-corrected chi connectivity index (χ1v) is 13.1. The molecule has 2 aliphatic rings. The number of hydrogen-bond acceptors (Lipinski definition) is 7. The van der Waals surface area contributed by atoms with Crippen LogP contribution in [0.1, 0.15) is 62.9 Å². The van der Waals surface area contributed by atoms with Crippen LogP contribution >= 0.6 is 0 Å². The van der Waals surface area contributed by atoms with Crippen LogP contribution in [0.15, 0.2) is 48.9 Å². The molecule has 9 nitrogen and oxygen atoms in total. The summed E-state index contributed by atoms with van der Waals surface area (Å²) in [6, 6.07) is 9.81. The summed E-state index contributed by atoms with van der Waals surface area (Å²) in [5.74, 6) is -0.0410. The van der Waals surface area contributed by atoms with E-state index in [0.717, 1.165) is 41.4 Å². The Morgan fingerprint density at radius 1 is 1.13 bits per heavy atom. The summed E-state index contributed by atoms with van der Waals surface area (Å²) in [5.41, 5.74) is 9.38. The van der Waals surface area contributed by atoms with Crippen LogP contribution in [0.5, 0.6) is 0 Å². The summed E-state index contributed by atoms with van der Waals surface area (Å²) in [6.45, 7) is 8.66. The minimum atomic E-state index is -0.386. The normalized spacial score (nSPS) is 22.1. The number of rotatable bonds is 7. The summed E-state index contributed by atoms with van der Waals surface area (Å²) >= 11 is 0. The zero-order chi connectivity index (χ0) is 27.1. The molecular formula is C28H36BN5O4. The second-order valence-corrected chi connectivity index (χ2v) is 11.2. The highest BCUT2D eigenvalue weighted by Crippen LogP contribution is 2.36. The standard InChI is InChI=1S/C28H36BN5O4/c1-27(2)28(3,4)38-29(37-27)21-11-9-18(10-12-21)17-36-24-8-6-7-23(24)33-26(35)22-13-19(14-31-25(22)30)20-15-32-34(5)16-20/h9-16,23-24H,6-8,17H2,1-5H3,(H2,30,31)(H,33,35)/t23-,24-/m0/s1. The second-order valence-electron chi connectivity index (χ2n) is 11.2. The molecule has 38 heavy (non-hydrogen) atoms. The fraction of sp³-hybridized carbons (Fsp3) is 0.464. The van der Waals surface area contributed by atoms with E-state index in [1.54, 1.807) is 23.1 Å². The van der Waals surface area contributed by atoms with Crippen molar-refractivity contribution in [1.82, 2.24) is 20.1 Å². The van der Waals surface area contributed by atoms with Gasteiger partial charge in [0.1, 0.15) is 5.82 Å². The number of nitrogens with zero attached hydrogens (tertiary/aromatic N) is 3. The third kappa shape index (κ3) is 5.34. The molecule has 1 aliphatic heterocycles. The minimum Gasteiger partial charge on any atom is -0.399 e. The second kappa shape index (κ2) is 10.2. The summed E-state index contributed by atoms with van der Waals surface area (Å²) < 4.78 is 20.3. The molecule has 200 valence electrons. The van der Waals surface area contributed by atoms with Gasteiger partial charge in [0.05, 0.1) is 41.7 Å². The summed E-state index contributed by atoms with van der Waals surface area (Å²) in [5, 5.41) is 7.32. The van der Waals surface area contributed by atoms with E-state index in [1.807, 2.05) is 65.2 Å². The maximum absolute atomic E-state index is 13.2. The maximum atomic E-state index is 13.2. The van der Waals surface area contributed by atoms with Crippen LogP contribution in [-0.4, -0.2) is 51.1 Å². The summed E-state index contributed by atoms with van der Waals surface area (Å²) in [7, 11) is 1.46. The number of anilines is 1. The van der Waals surface area contributed by atoms with E-state index >= 15 is 0 Å². The number of nitrogens with one attached hydrogen (secondary N) is 1. The van der Waals surface area contributed by atoms with Crippen LogP contribution < -0.4 is 16.5 Å². The molecule has 2 aromatic heterocycles. The predicted molar refractivity (Wildman–Crippen MR) is 147 cm³/mol. The number of nitrogen functional groups attached to an aromatic ring is 1. The van der Waals surface area contributed by atoms with Gasteiger partial charge >= 0.3 is 7.12 Å². The first kappa shape index (κ1) is 26.4. The Morgan fingerprint density at radius 2 is 1.84 bits per heavy atom. The smallest absolute Gasteiger partial charge is 0.399 e. The average molecular weight is 517 g/mol. The molecule has 1 saturated carbocycles. The van der Waals surface area contributed by atoms with Crippen molar-refractivity contribution in [3.63, 3.8) is 0 Å². The minimum absolute atomic E-state index is 0.0718. The van der Waals surface area contributed by atoms with Gasteiger partial charge < -0.3 is 25.1 Å². The van der Waals surface area contributed by atoms with E-state index in [4.69, 9.17) is 19.8 Å². The Balaban J connectivity index is 1.19. The van der Waals surface area contributed by atoms with Gasteiger partial charge in [-0.25, -0.2) is 4.98 Å². The fourth-order valence-electron chi connectivity index (χ4n) is 4.88. The quantitative estimate of drug-likeness (QED) is 0.463. The number of hydrogen-bond donors (Lipinski definition) is 2. The van der Waals surface area contributed by atoms with Crippen LogP contribution in [0.3, 0.4) is 0 Å². The third-order valence-corrected chi connectivity index (χ3v) is 7.94. The zero-order valence-electron chi connectivity index (χ0n) is 22.7. The molecule has 1 amide bonds. The molecule has 1 saturated heterocycles. The van der Waals surface area contributed by atoms with Crippen molar-refractivity contribution in [2.75, 3.05) is 5.73 Å². The number of aryl methyl sites for hydroxylation is 1. The van der Waals surface area contributed by atoms with Gasteiger partial charge in [-0.3, -0.25) is 9.48 Å². The molecule has 0 radical (unpaired) electrons. The number of carbonyl (C=O) groups is 1. The Morgan fingerprint density at radius 3 is 2.50 bits per heavy atom. The zero-order valence-corrected chi connectivity index (χ0v) is 22.7. The lowest BCUT2D eigenvalue weighted by Gasteiger charge is -2.32. The first-order chi connectivity index (χ1) is 18.0. The van der Waals surface area contributed by atoms with Crippen molar-refractivity contribution < 1.29 is 18.8 Å². The van der Waals surface area contributed by atoms with Crippen LogP contribution in [0.2, 0.25) is 0 Å². The molecule has 3 aromatic rings. The van der Waals surface area contributed by atoms with Crippen LogP contribution in [0.4, 0.5) is 5.82 Å². The van der Waals surface area contributed by atoms with Gasteiger partial charge in [-0.2, -0.15) is 5.10 Å². The SMILES string of the molecule is Cn1cc(-c2cnc(N)c(C(=O)N[C@H]3CCC[C@@H]3OCc3ccc(B4OC(C)(C)C(C)(C)O4)cc3)c2)cn1. The van der Waals surface area contributed by atoms with Crippen LogP contribution in [-0.2, 0) is 27.7 Å². The Bertz CT molecular complexity index is 1290. The van der Waals surface area contributed by atoms with E-state index in [2.05, 4.69) is 15.4 Å². The number of pyridine rings is 1. The number of ether oxygens (including phenoxy) is 1. The monoisotopic (exact) mass is 517 g/mol. The van der Waals surface area contributed by atoms with E-state index in [9.17, 15) is 4.79 Å². The lowest BCUT2D eigenvalue weighted by molar-refractivity contribution is 0.00578. The van der Waals surface area contributed by atoms with Gasteiger partial charge in [0.2, 0.25) is 0 Å². The molecule has 3 heterocycles. The topological polar surface area (TPSA) is 114 Å². The molecule has 0 unspecified atom stereocenters. The first-order valence-electron chi connectivity index (χ1n) is 13.1. The summed E-state index contributed by atoms with van der Waals surface area (Å²) in [4.78, 5) is 17.4. The lowest BCUT2D eigenvalue weighted by Crippen LogP contribution is -2.41. The average Bonchev–Trinajstić information content (AvgIpc) is 3.56. The lowest BCUT2D eigenvalue weighted by atomic mass is 9.79. The van der Waals surface area contributed by atoms with Crippen molar-refractivity contribution in [3.8, 4) is 11.1 Å². The van der Waals surface area contributed by atoms with Crippen molar-refractivity contribution >= 4 is 24.3 Å². The Kier molecular flexibility index (Phi) is 7.06. The van der Waals surface area contributed by atoms with Gasteiger partial charge in [0.15, 0.2) is 0 Å². The highest BCUT2D eigenvalue weighted by Gasteiger charge is 2.51. The molecule has 1 aromatic carbocycles. The van der Waals surface area contributed by atoms with Gasteiger partial charge in [-0.05, 0) is 64.1 Å². The highest BCUT2D eigenvalue weighted by atomic mass is 16.7. The molecule has 0 spiro atoms. The molecule has 2 atom stereocenters. The molecular weight excluding hydrogens is 481 g/mol. The number of carbonyl (C=O) groups excluding carboxylic acids is 1. The van der Waals surface area contributed by atoms with Crippen molar-refractivity contribution in [3.05, 3.63) is 60.0 Å². The van der Waals surface area contributed by atoms with Gasteiger partial charge in [0.25, 0.3) is 5.91 Å². The number of aromatic nitrogens is 3. The Labute approximate surface area is 224 Å². The number of nitrogens with two attached hydrogens (primary N) is 1. The largest absolute Gasteiger partial charge is 0.494 e. The number of benzene rings is 1. The highest BCUT2D eigenvalue weighted by molar-refractivity contribution is 6.62. The predicted octanol–water partition coefficient (Wildman–Crippen LogP) is 3.23. The third-order valence-electron chi connectivity index (χ3n) is 7.94. The van der Waals surface area contributed by atoms with Gasteiger partial charge in [0, 0.05) is 30.6 Å². The number of amides is 1. The molecule has 3 N–H and O–H groups in total. The molecule has 1 aliphatic carbocycles. The van der Waals surface area contributed by atoms with Crippen molar-refractivity contribution in [2.24, 2.45) is 7.05 Å². The maximum Gasteiger partial charge on any atom is 0.494 e. The van der Waals surface area contributed by atoms with Crippen LogP contribution in [0, 0.1) is 0 Å². The Hall–Kier alpha value is -3.21.